The molecule has 0 spiro atoms. The quantitative estimate of drug-likeness (QED) is 0.758. The number of hydrogen-bond donors (Lipinski definition) is 1. The summed E-state index contributed by atoms with van der Waals surface area (Å²) in [4.78, 5) is 15.8. The standard InChI is InChI=1S/C8H9NO2S/c1-4-9-3-7(12-4)5-2-6(5)8(10)11/h3,5-6H,2H2,1H3,(H,10,11). The number of carboxylic acid groups (broad SMARTS) is 1. The van der Waals surface area contributed by atoms with E-state index >= 15 is 0 Å². The summed E-state index contributed by atoms with van der Waals surface area (Å²) in [6.07, 6.45) is 2.59. The third-order valence-electron chi connectivity index (χ3n) is 2.11. The number of hydrogen-bond acceptors (Lipinski definition) is 3. The topological polar surface area (TPSA) is 50.2 Å². The Morgan fingerprint density at radius 1 is 1.83 bits per heavy atom. The highest BCUT2D eigenvalue weighted by molar-refractivity contribution is 7.11. The van der Waals surface area contributed by atoms with Crippen molar-refractivity contribution in [3.63, 3.8) is 0 Å². The number of rotatable bonds is 2. The molecule has 2 rings (SSSR count). The van der Waals surface area contributed by atoms with Gasteiger partial charge < -0.3 is 5.11 Å². The van der Waals surface area contributed by atoms with Gasteiger partial charge in [0, 0.05) is 17.0 Å². The van der Waals surface area contributed by atoms with Gasteiger partial charge in [-0.25, -0.2) is 4.98 Å². The largest absolute Gasteiger partial charge is 0.481 e. The van der Waals surface area contributed by atoms with E-state index in [-0.39, 0.29) is 11.8 Å². The van der Waals surface area contributed by atoms with E-state index in [0.29, 0.717) is 0 Å². The van der Waals surface area contributed by atoms with E-state index < -0.39 is 5.97 Å². The first-order chi connectivity index (χ1) is 5.68. The van der Waals surface area contributed by atoms with Gasteiger partial charge in [0.25, 0.3) is 0 Å². The smallest absolute Gasteiger partial charge is 0.307 e. The van der Waals surface area contributed by atoms with Crippen LogP contribution in [0.1, 0.15) is 22.2 Å². The Morgan fingerprint density at radius 2 is 2.58 bits per heavy atom. The molecule has 0 radical (unpaired) electrons. The molecular formula is C8H9NO2S. The number of nitrogens with zero attached hydrogens (tertiary/aromatic N) is 1. The monoisotopic (exact) mass is 183 g/mol. The lowest BCUT2D eigenvalue weighted by molar-refractivity contribution is -0.138. The van der Waals surface area contributed by atoms with Crippen LogP contribution in [0.25, 0.3) is 0 Å². The number of carbonyl (C=O) groups is 1. The van der Waals surface area contributed by atoms with E-state index in [2.05, 4.69) is 4.98 Å². The average molecular weight is 183 g/mol. The molecule has 12 heavy (non-hydrogen) atoms. The van der Waals surface area contributed by atoms with Crippen molar-refractivity contribution in [3.05, 3.63) is 16.1 Å². The predicted molar refractivity (Wildman–Crippen MR) is 45.3 cm³/mol. The zero-order chi connectivity index (χ0) is 8.72. The number of thiazole rings is 1. The lowest BCUT2D eigenvalue weighted by atomic mass is 10.3. The molecule has 0 bridgehead atoms. The molecule has 1 fully saturated rings. The van der Waals surface area contributed by atoms with Crippen LogP contribution < -0.4 is 0 Å². The van der Waals surface area contributed by atoms with E-state index in [1.54, 1.807) is 17.5 Å². The molecule has 1 aliphatic rings. The summed E-state index contributed by atoms with van der Waals surface area (Å²) in [5, 5.41) is 9.69. The van der Waals surface area contributed by atoms with Crippen LogP contribution in [0.3, 0.4) is 0 Å². The normalized spacial score (nSPS) is 27.1. The molecule has 4 heteroatoms. The minimum Gasteiger partial charge on any atom is -0.481 e. The fourth-order valence-corrected chi connectivity index (χ4v) is 2.30. The second-order valence-electron chi connectivity index (χ2n) is 3.07. The van der Waals surface area contributed by atoms with E-state index in [4.69, 9.17) is 5.11 Å². The molecule has 64 valence electrons. The second-order valence-corrected chi connectivity index (χ2v) is 4.33. The van der Waals surface area contributed by atoms with Crippen LogP contribution in [0, 0.1) is 12.8 Å². The van der Waals surface area contributed by atoms with E-state index in [0.717, 1.165) is 16.3 Å². The Hall–Kier alpha value is -0.900. The van der Waals surface area contributed by atoms with Crippen molar-refractivity contribution in [1.29, 1.82) is 0 Å². The van der Waals surface area contributed by atoms with Crippen molar-refractivity contribution in [2.24, 2.45) is 5.92 Å². The summed E-state index contributed by atoms with van der Waals surface area (Å²) in [6, 6.07) is 0. The second kappa shape index (κ2) is 2.55. The maximum Gasteiger partial charge on any atom is 0.307 e. The average Bonchev–Trinajstić information content (AvgIpc) is 2.70. The Morgan fingerprint density at radius 3 is 3.00 bits per heavy atom. The molecule has 1 aromatic heterocycles. The highest BCUT2D eigenvalue weighted by atomic mass is 32.1. The van der Waals surface area contributed by atoms with Crippen LogP contribution in [0.4, 0.5) is 0 Å². The summed E-state index contributed by atoms with van der Waals surface area (Å²) >= 11 is 1.61. The van der Waals surface area contributed by atoms with Crippen LogP contribution in [-0.2, 0) is 4.79 Å². The van der Waals surface area contributed by atoms with Gasteiger partial charge in [-0.15, -0.1) is 11.3 Å². The van der Waals surface area contributed by atoms with Crippen LogP contribution in [0.5, 0.6) is 0 Å². The molecule has 1 saturated carbocycles. The summed E-state index contributed by atoms with van der Waals surface area (Å²) in [7, 11) is 0. The van der Waals surface area contributed by atoms with E-state index in [1.165, 1.54) is 0 Å². The minimum atomic E-state index is -0.675. The zero-order valence-corrected chi connectivity index (χ0v) is 7.47. The predicted octanol–water partition coefficient (Wildman–Crippen LogP) is 1.64. The lowest BCUT2D eigenvalue weighted by Crippen LogP contribution is -1.97. The molecule has 0 amide bonds. The molecule has 1 N–H and O–H groups in total. The number of carboxylic acids is 1. The van der Waals surface area contributed by atoms with Gasteiger partial charge in [0.2, 0.25) is 0 Å². The first-order valence-electron chi connectivity index (χ1n) is 3.83. The number of aromatic nitrogens is 1. The summed E-state index contributed by atoms with van der Waals surface area (Å²) < 4.78 is 0. The highest BCUT2D eigenvalue weighted by Crippen LogP contribution is 2.49. The Bertz CT molecular complexity index is 321. The third kappa shape index (κ3) is 1.22. The fourth-order valence-electron chi connectivity index (χ4n) is 1.33. The Kier molecular flexibility index (Phi) is 1.65. The minimum absolute atomic E-state index is 0.148. The zero-order valence-electron chi connectivity index (χ0n) is 6.65. The van der Waals surface area contributed by atoms with Crippen molar-refractivity contribution in [2.45, 2.75) is 19.3 Å². The van der Waals surface area contributed by atoms with Gasteiger partial charge in [-0.05, 0) is 13.3 Å². The van der Waals surface area contributed by atoms with Gasteiger partial charge in [0.05, 0.1) is 10.9 Å². The first kappa shape index (κ1) is 7.73. The van der Waals surface area contributed by atoms with Crippen LogP contribution in [0.15, 0.2) is 6.20 Å². The Labute approximate surface area is 74.1 Å². The molecule has 1 heterocycles. The van der Waals surface area contributed by atoms with Gasteiger partial charge in [-0.3, -0.25) is 4.79 Å². The van der Waals surface area contributed by atoms with Gasteiger partial charge in [-0.1, -0.05) is 0 Å². The van der Waals surface area contributed by atoms with E-state index in [1.807, 2.05) is 6.92 Å². The molecule has 1 aliphatic carbocycles. The number of aryl methyl sites for hydroxylation is 1. The Balaban J connectivity index is 2.10. The van der Waals surface area contributed by atoms with Gasteiger partial charge in [0.15, 0.2) is 0 Å². The molecule has 2 atom stereocenters. The molecule has 2 unspecified atom stereocenters. The maximum absolute atomic E-state index is 10.5. The molecule has 0 aromatic carbocycles. The molecular weight excluding hydrogens is 174 g/mol. The van der Waals surface area contributed by atoms with Crippen molar-refractivity contribution >= 4 is 17.3 Å². The SMILES string of the molecule is Cc1ncc(C2CC2C(=O)O)s1. The van der Waals surface area contributed by atoms with Crippen molar-refractivity contribution in [2.75, 3.05) is 0 Å². The maximum atomic E-state index is 10.5. The third-order valence-corrected chi connectivity index (χ3v) is 3.16. The van der Waals surface area contributed by atoms with Crippen molar-refractivity contribution in [3.8, 4) is 0 Å². The highest BCUT2D eigenvalue weighted by Gasteiger charge is 2.45. The first-order valence-corrected chi connectivity index (χ1v) is 4.65. The van der Waals surface area contributed by atoms with Crippen LogP contribution in [-0.4, -0.2) is 16.1 Å². The molecule has 3 nitrogen and oxygen atoms in total. The van der Waals surface area contributed by atoms with E-state index in [9.17, 15) is 4.79 Å². The van der Waals surface area contributed by atoms with Crippen molar-refractivity contribution < 1.29 is 9.90 Å². The fraction of sp³-hybridized carbons (Fsp3) is 0.500. The molecule has 1 aromatic rings. The summed E-state index contributed by atoms with van der Waals surface area (Å²) in [5.41, 5.74) is 0. The van der Waals surface area contributed by atoms with Gasteiger partial charge in [0.1, 0.15) is 0 Å². The van der Waals surface area contributed by atoms with Crippen molar-refractivity contribution in [1.82, 2.24) is 4.98 Å². The van der Waals surface area contributed by atoms with Crippen LogP contribution in [0.2, 0.25) is 0 Å². The molecule has 0 saturated heterocycles. The van der Waals surface area contributed by atoms with Gasteiger partial charge >= 0.3 is 5.97 Å². The van der Waals surface area contributed by atoms with Crippen LogP contribution >= 0.6 is 11.3 Å². The lowest BCUT2D eigenvalue weighted by Gasteiger charge is -1.88. The summed E-state index contributed by atoms with van der Waals surface area (Å²) in [5.74, 6) is -0.579. The molecule has 0 aliphatic heterocycles. The number of aliphatic carboxylic acids is 1. The van der Waals surface area contributed by atoms with Gasteiger partial charge in [-0.2, -0.15) is 0 Å². The summed E-state index contributed by atoms with van der Waals surface area (Å²) in [6.45, 7) is 1.94.